The molecule has 2 aromatic heterocycles. The van der Waals surface area contributed by atoms with E-state index in [1.807, 2.05) is 31.1 Å². The minimum absolute atomic E-state index is 0.136. The van der Waals surface area contributed by atoms with E-state index in [-0.39, 0.29) is 11.3 Å². The van der Waals surface area contributed by atoms with Crippen LogP contribution in [-0.2, 0) is 19.5 Å². The van der Waals surface area contributed by atoms with Crippen LogP contribution in [0, 0.1) is 30.6 Å². The quantitative estimate of drug-likeness (QED) is 0.789. The summed E-state index contributed by atoms with van der Waals surface area (Å²) in [5.41, 5.74) is 3.94. The number of piperidine rings is 1. The van der Waals surface area contributed by atoms with Gasteiger partial charge in [0.1, 0.15) is 5.76 Å². The summed E-state index contributed by atoms with van der Waals surface area (Å²) < 4.78 is 5.29. The number of carbonyl (C=O) groups is 1. The summed E-state index contributed by atoms with van der Waals surface area (Å²) in [6.07, 6.45) is 2.41. The van der Waals surface area contributed by atoms with Gasteiger partial charge in [-0.15, -0.1) is 11.3 Å². The van der Waals surface area contributed by atoms with E-state index in [4.69, 9.17) is 4.52 Å². The predicted molar refractivity (Wildman–Crippen MR) is 107 cm³/mol. The van der Waals surface area contributed by atoms with Gasteiger partial charge >= 0.3 is 0 Å². The van der Waals surface area contributed by atoms with Crippen LogP contribution in [0.25, 0.3) is 0 Å². The van der Waals surface area contributed by atoms with E-state index in [9.17, 15) is 10.1 Å². The third kappa shape index (κ3) is 3.47. The summed E-state index contributed by atoms with van der Waals surface area (Å²) in [7, 11) is 0. The molecular weight excluding hydrogens is 372 g/mol. The molecule has 148 valence electrons. The molecule has 0 aliphatic carbocycles. The van der Waals surface area contributed by atoms with Gasteiger partial charge in [0.05, 0.1) is 22.7 Å². The van der Waals surface area contributed by atoms with E-state index in [1.165, 1.54) is 16.0 Å². The minimum Gasteiger partial charge on any atom is -0.361 e. The Morgan fingerprint density at radius 2 is 2.11 bits per heavy atom. The fourth-order valence-electron chi connectivity index (χ4n) is 4.13. The molecule has 1 fully saturated rings. The summed E-state index contributed by atoms with van der Waals surface area (Å²) in [4.78, 5) is 18.7. The van der Waals surface area contributed by atoms with Crippen LogP contribution in [0.5, 0.6) is 0 Å². The maximum absolute atomic E-state index is 13.1. The molecule has 0 aromatic carbocycles. The smallest absolute Gasteiger partial charge is 0.254 e. The molecule has 0 N–H and O–H groups in total. The van der Waals surface area contributed by atoms with Crippen LogP contribution >= 0.6 is 11.3 Å². The van der Waals surface area contributed by atoms with Crippen molar-refractivity contribution < 1.29 is 9.32 Å². The second kappa shape index (κ2) is 7.34. The lowest BCUT2D eigenvalue weighted by Crippen LogP contribution is -2.42. The van der Waals surface area contributed by atoms with E-state index >= 15 is 0 Å². The maximum atomic E-state index is 13.1. The molecule has 28 heavy (non-hydrogen) atoms. The number of thiophene rings is 1. The zero-order valence-electron chi connectivity index (χ0n) is 16.7. The lowest BCUT2D eigenvalue weighted by atomic mass is 9.82. The molecule has 0 unspecified atom stereocenters. The zero-order valence-corrected chi connectivity index (χ0v) is 17.6. The van der Waals surface area contributed by atoms with Crippen LogP contribution in [0.4, 0.5) is 0 Å². The molecule has 4 heterocycles. The van der Waals surface area contributed by atoms with Gasteiger partial charge < -0.3 is 9.42 Å². The Bertz CT molecular complexity index is 911. The number of likely N-dealkylation sites (tertiary alicyclic amines) is 1. The molecule has 4 rings (SSSR count). The summed E-state index contributed by atoms with van der Waals surface area (Å²) in [5.74, 6) is 1.02. The van der Waals surface area contributed by atoms with Crippen molar-refractivity contribution in [3.8, 4) is 6.07 Å². The molecular formula is C21H26N4O2S. The molecule has 0 saturated carbocycles. The van der Waals surface area contributed by atoms with Crippen LogP contribution in [-0.4, -0.2) is 40.5 Å². The standard InChI is InChI=1S/C21H26N4O2S/c1-14-17(15(2)27-23-14)10-24-7-4-16-18(12-28-19(16)11-24)20(26)25-8-5-21(3,13-22)6-9-25/h12H,4-11H2,1-3H3. The number of nitrogens with zero attached hydrogens (tertiary/aromatic N) is 4. The highest BCUT2D eigenvalue weighted by molar-refractivity contribution is 7.10. The number of nitriles is 1. The first-order chi connectivity index (χ1) is 13.4. The van der Waals surface area contributed by atoms with E-state index in [0.29, 0.717) is 13.1 Å². The average Bonchev–Trinajstić information content (AvgIpc) is 3.26. The van der Waals surface area contributed by atoms with E-state index < -0.39 is 0 Å². The highest BCUT2D eigenvalue weighted by atomic mass is 32.1. The van der Waals surface area contributed by atoms with Gasteiger partial charge in [0.25, 0.3) is 5.91 Å². The number of carbonyl (C=O) groups excluding carboxylic acids is 1. The summed E-state index contributed by atoms with van der Waals surface area (Å²) >= 11 is 1.69. The van der Waals surface area contributed by atoms with Crippen LogP contribution in [0.2, 0.25) is 0 Å². The molecule has 0 atom stereocenters. The van der Waals surface area contributed by atoms with Crippen molar-refractivity contribution in [2.75, 3.05) is 19.6 Å². The topological polar surface area (TPSA) is 73.4 Å². The van der Waals surface area contributed by atoms with Crippen molar-refractivity contribution >= 4 is 17.2 Å². The summed E-state index contributed by atoms with van der Waals surface area (Å²) in [6.45, 7) is 9.92. The molecule has 6 nitrogen and oxygen atoms in total. The van der Waals surface area contributed by atoms with E-state index in [1.54, 1.807) is 11.3 Å². The van der Waals surface area contributed by atoms with Gasteiger partial charge in [-0.2, -0.15) is 5.26 Å². The lowest BCUT2D eigenvalue weighted by Gasteiger charge is -2.35. The average molecular weight is 399 g/mol. The van der Waals surface area contributed by atoms with Crippen molar-refractivity contribution in [2.24, 2.45) is 5.41 Å². The van der Waals surface area contributed by atoms with Crippen LogP contribution in [0.15, 0.2) is 9.90 Å². The van der Waals surface area contributed by atoms with E-state index in [0.717, 1.165) is 55.9 Å². The monoisotopic (exact) mass is 398 g/mol. The number of aromatic nitrogens is 1. The third-order valence-electron chi connectivity index (χ3n) is 6.24. The number of fused-ring (bicyclic) bond motifs is 1. The molecule has 2 aliphatic rings. The van der Waals surface area contributed by atoms with Crippen LogP contribution in [0.1, 0.15) is 57.6 Å². The van der Waals surface area contributed by atoms with Gasteiger partial charge in [-0.25, -0.2) is 0 Å². The normalized spacial score (nSPS) is 19.3. The third-order valence-corrected chi connectivity index (χ3v) is 7.26. The second-order valence-corrected chi connectivity index (χ2v) is 9.24. The molecule has 1 amide bonds. The minimum atomic E-state index is -0.288. The Kier molecular flexibility index (Phi) is 5.02. The highest BCUT2D eigenvalue weighted by Crippen LogP contribution is 2.34. The molecule has 2 aromatic rings. The number of rotatable bonds is 3. The highest BCUT2D eigenvalue weighted by Gasteiger charge is 2.34. The van der Waals surface area contributed by atoms with Crippen molar-refractivity contribution in [3.63, 3.8) is 0 Å². The van der Waals surface area contributed by atoms with Gasteiger partial charge in [0, 0.05) is 48.5 Å². The first-order valence-corrected chi connectivity index (χ1v) is 10.7. The SMILES string of the molecule is Cc1noc(C)c1CN1CCc2c(C(=O)N3CCC(C)(C#N)CC3)csc2C1. The van der Waals surface area contributed by atoms with Crippen molar-refractivity contribution in [1.29, 1.82) is 5.26 Å². The molecule has 2 aliphatic heterocycles. The van der Waals surface area contributed by atoms with Crippen LogP contribution < -0.4 is 0 Å². The number of hydrogen-bond acceptors (Lipinski definition) is 6. The number of hydrogen-bond donors (Lipinski definition) is 0. The molecule has 7 heteroatoms. The Labute approximate surface area is 169 Å². The van der Waals surface area contributed by atoms with Gasteiger partial charge in [0.2, 0.25) is 0 Å². The fraction of sp³-hybridized carbons (Fsp3) is 0.571. The number of amides is 1. The van der Waals surface area contributed by atoms with Crippen LogP contribution in [0.3, 0.4) is 0 Å². The van der Waals surface area contributed by atoms with Crippen molar-refractivity contribution in [2.45, 2.75) is 53.1 Å². The Morgan fingerprint density at radius 3 is 2.75 bits per heavy atom. The first kappa shape index (κ1) is 19.2. The Hall–Kier alpha value is -2.17. The van der Waals surface area contributed by atoms with E-state index in [2.05, 4.69) is 16.1 Å². The molecule has 0 bridgehead atoms. The van der Waals surface area contributed by atoms with Gasteiger partial charge in [-0.1, -0.05) is 5.16 Å². The Morgan fingerprint density at radius 1 is 1.36 bits per heavy atom. The largest absolute Gasteiger partial charge is 0.361 e. The number of aryl methyl sites for hydroxylation is 2. The second-order valence-electron chi connectivity index (χ2n) is 8.28. The Balaban J connectivity index is 1.44. The molecule has 1 saturated heterocycles. The van der Waals surface area contributed by atoms with Crippen molar-refractivity contribution in [3.05, 3.63) is 38.4 Å². The van der Waals surface area contributed by atoms with Gasteiger partial charge in [0.15, 0.2) is 0 Å². The zero-order chi connectivity index (χ0) is 19.9. The van der Waals surface area contributed by atoms with Gasteiger partial charge in [-0.05, 0) is 45.6 Å². The molecule has 0 radical (unpaired) electrons. The lowest BCUT2D eigenvalue weighted by molar-refractivity contribution is 0.0660. The summed E-state index contributed by atoms with van der Waals surface area (Å²) in [6, 6.07) is 2.40. The molecule has 0 spiro atoms. The maximum Gasteiger partial charge on any atom is 0.254 e. The fourth-order valence-corrected chi connectivity index (χ4v) is 5.25. The first-order valence-electron chi connectivity index (χ1n) is 9.84. The van der Waals surface area contributed by atoms with Crippen molar-refractivity contribution in [1.82, 2.24) is 15.0 Å². The van der Waals surface area contributed by atoms with Gasteiger partial charge in [-0.3, -0.25) is 9.69 Å². The predicted octanol–water partition coefficient (Wildman–Crippen LogP) is 3.68. The summed E-state index contributed by atoms with van der Waals surface area (Å²) in [5, 5.41) is 15.4.